The molecule has 2 aliphatic heterocycles. The summed E-state index contributed by atoms with van der Waals surface area (Å²) >= 11 is 0. The van der Waals surface area contributed by atoms with E-state index in [1.165, 1.54) is 0 Å². The Balaban J connectivity index is 1.95. The second-order valence-corrected chi connectivity index (χ2v) is 4.83. The fourth-order valence-electron chi connectivity index (χ4n) is 2.68. The zero-order chi connectivity index (χ0) is 11.7. The maximum Gasteiger partial charge on any atom is 0.254 e. The van der Waals surface area contributed by atoms with Crippen molar-refractivity contribution in [1.82, 2.24) is 20.6 Å². The predicted molar refractivity (Wildman–Crippen MR) is 65.1 cm³/mol. The van der Waals surface area contributed by atoms with Crippen LogP contribution in [0, 0.1) is 0 Å². The minimum atomic E-state index is 0.0741. The molecule has 1 saturated heterocycles. The number of aromatic nitrogens is 2. The number of hydrogen-bond donors (Lipinski definition) is 3. The lowest BCUT2D eigenvalue weighted by atomic mass is 9.96. The van der Waals surface area contributed by atoms with Crippen molar-refractivity contribution in [3.8, 4) is 0 Å². The van der Waals surface area contributed by atoms with Gasteiger partial charge in [0.05, 0.1) is 5.69 Å². The summed E-state index contributed by atoms with van der Waals surface area (Å²) in [6, 6.07) is 0. The normalized spacial score (nSPS) is 21.2. The van der Waals surface area contributed by atoms with Gasteiger partial charge in [0.25, 0.3) is 5.56 Å². The van der Waals surface area contributed by atoms with E-state index in [9.17, 15) is 4.79 Å². The molecule has 0 bridgehead atoms. The SMILES string of the molecule is O=c1[nH]c(C2CCNCC2)nc2c1CCNC2. The zero-order valence-electron chi connectivity index (χ0n) is 9.88. The number of nitrogens with one attached hydrogen (secondary N) is 3. The topological polar surface area (TPSA) is 69.8 Å². The molecule has 5 heteroatoms. The molecule has 17 heavy (non-hydrogen) atoms. The summed E-state index contributed by atoms with van der Waals surface area (Å²) < 4.78 is 0. The molecule has 0 unspecified atom stereocenters. The van der Waals surface area contributed by atoms with Gasteiger partial charge in [-0.1, -0.05) is 0 Å². The van der Waals surface area contributed by atoms with E-state index in [-0.39, 0.29) is 5.56 Å². The monoisotopic (exact) mass is 234 g/mol. The van der Waals surface area contributed by atoms with Gasteiger partial charge in [0, 0.05) is 18.0 Å². The Morgan fingerprint density at radius 3 is 2.76 bits per heavy atom. The van der Waals surface area contributed by atoms with Crippen LogP contribution in [-0.4, -0.2) is 29.6 Å². The summed E-state index contributed by atoms with van der Waals surface area (Å²) in [6.07, 6.45) is 2.93. The molecule has 3 heterocycles. The number of aromatic amines is 1. The van der Waals surface area contributed by atoms with Crippen LogP contribution in [0.3, 0.4) is 0 Å². The third-order valence-electron chi connectivity index (χ3n) is 3.69. The van der Waals surface area contributed by atoms with Crippen LogP contribution in [0.15, 0.2) is 4.79 Å². The molecule has 0 amide bonds. The Hall–Kier alpha value is -1.20. The van der Waals surface area contributed by atoms with E-state index in [0.717, 1.165) is 62.5 Å². The molecule has 0 spiro atoms. The van der Waals surface area contributed by atoms with E-state index in [4.69, 9.17) is 0 Å². The van der Waals surface area contributed by atoms with Crippen molar-refractivity contribution in [2.24, 2.45) is 0 Å². The lowest BCUT2D eigenvalue weighted by Gasteiger charge is -2.23. The fraction of sp³-hybridized carbons (Fsp3) is 0.667. The van der Waals surface area contributed by atoms with Crippen molar-refractivity contribution in [3.63, 3.8) is 0 Å². The molecule has 3 N–H and O–H groups in total. The number of hydrogen-bond acceptors (Lipinski definition) is 4. The summed E-state index contributed by atoms with van der Waals surface area (Å²) in [5.41, 5.74) is 1.90. The standard InChI is InChI=1S/C12H18N4O/c17-12-9-3-6-14-7-10(9)15-11(16-12)8-1-4-13-5-2-8/h8,13-14H,1-7H2,(H,15,16,17). The summed E-state index contributed by atoms with van der Waals surface area (Å²) in [4.78, 5) is 19.6. The Morgan fingerprint density at radius 2 is 1.94 bits per heavy atom. The quantitative estimate of drug-likeness (QED) is 0.634. The maximum atomic E-state index is 12.0. The van der Waals surface area contributed by atoms with Gasteiger partial charge in [0.2, 0.25) is 0 Å². The molecule has 1 aromatic heterocycles. The molecule has 2 aliphatic rings. The van der Waals surface area contributed by atoms with Crippen LogP contribution in [-0.2, 0) is 13.0 Å². The first-order chi connectivity index (χ1) is 8.34. The summed E-state index contributed by atoms with van der Waals surface area (Å²) in [5, 5.41) is 6.60. The Morgan fingerprint density at radius 1 is 1.12 bits per heavy atom. The van der Waals surface area contributed by atoms with Gasteiger partial charge in [-0.05, 0) is 38.9 Å². The van der Waals surface area contributed by atoms with Crippen LogP contribution >= 0.6 is 0 Å². The van der Waals surface area contributed by atoms with Gasteiger partial charge in [-0.3, -0.25) is 4.79 Å². The second kappa shape index (κ2) is 4.58. The molecule has 0 saturated carbocycles. The molecule has 5 nitrogen and oxygen atoms in total. The summed E-state index contributed by atoms with van der Waals surface area (Å²) in [6.45, 7) is 3.65. The van der Waals surface area contributed by atoms with Crippen LogP contribution in [0.25, 0.3) is 0 Å². The number of nitrogens with zero attached hydrogens (tertiary/aromatic N) is 1. The molecule has 1 aromatic rings. The van der Waals surface area contributed by atoms with E-state index in [0.29, 0.717) is 5.92 Å². The second-order valence-electron chi connectivity index (χ2n) is 4.83. The van der Waals surface area contributed by atoms with E-state index < -0.39 is 0 Å². The number of rotatable bonds is 1. The maximum absolute atomic E-state index is 12.0. The van der Waals surface area contributed by atoms with Crippen LogP contribution in [0.5, 0.6) is 0 Å². The highest BCUT2D eigenvalue weighted by Gasteiger charge is 2.21. The Labute approximate surface area is 100 Å². The summed E-state index contributed by atoms with van der Waals surface area (Å²) in [5.74, 6) is 1.30. The average Bonchev–Trinajstić information content (AvgIpc) is 2.40. The first-order valence-electron chi connectivity index (χ1n) is 6.38. The molecule has 0 atom stereocenters. The van der Waals surface area contributed by atoms with Gasteiger partial charge in [0.1, 0.15) is 5.82 Å². The van der Waals surface area contributed by atoms with Gasteiger partial charge in [0.15, 0.2) is 0 Å². The highest BCUT2D eigenvalue weighted by Crippen LogP contribution is 2.22. The molecular formula is C12H18N4O. The molecule has 0 aromatic carbocycles. The van der Waals surface area contributed by atoms with Crippen LogP contribution in [0.4, 0.5) is 0 Å². The molecule has 1 fully saturated rings. The predicted octanol–water partition coefficient (Wildman–Crippen LogP) is -0.117. The fourth-order valence-corrected chi connectivity index (χ4v) is 2.68. The zero-order valence-corrected chi connectivity index (χ0v) is 9.88. The number of H-pyrrole nitrogens is 1. The van der Waals surface area contributed by atoms with Gasteiger partial charge in [-0.25, -0.2) is 4.98 Å². The van der Waals surface area contributed by atoms with Gasteiger partial charge in [-0.15, -0.1) is 0 Å². The highest BCUT2D eigenvalue weighted by atomic mass is 16.1. The molecule has 92 valence electrons. The van der Waals surface area contributed by atoms with Gasteiger partial charge in [-0.2, -0.15) is 0 Å². The van der Waals surface area contributed by atoms with Crippen LogP contribution in [0.1, 0.15) is 35.8 Å². The van der Waals surface area contributed by atoms with Crippen molar-refractivity contribution in [1.29, 1.82) is 0 Å². The van der Waals surface area contributed by atoms with Gasteiger partial charge < -0.3 is 15.6 Å². The van der Waals surface area contributed by atoms with Crippen molar-refractivity contribution in [3.05, 3.63) is 27.4 Å². The van der Waals surface area contributed by atoms with Crippen molar-refractivity contribution in [2.75, 3.05) is 19.6 Å². The minimum Gasteiger partial charge on any atom is -0.317 e. The lowest BCUT2D eigenvalue weighted by molar-refractivity contribution is 0.440. The van der Waals surface area contributed by atoms with Crippen molar-refractivity contribution >= 4 is 0 Å². The third kappa shape index (κ3) is 2.12. The van der Waals surface area contributed by atoms with E-state index >= 15 is 0 Å². The van der Waals surface area contributed by atoms with E-state index in [1.807, 2.05) is 0 Å². The first-order valence-corrected chi connectivity index (χ1v) is 6.38. The first kappa shape index (κ1) is 10.9. The van der Waals surface area contributed by atoms with Crippen molar-refractivity contribution < 1.29 is 0 Å². The third-order valence-corrected chi connectivity index (χ3v) is 3.69. The number of fused-ring (bicyclic) bond motifs is 1. The lowest BCUT2D eigenvalue weighted by Crippen LogP contribution is -2.34. The van der Waals surface area contributed by atoms with Crippen LogP contribution in [0.2, 0.25) is 0 Å². The smallest absolute Gasteiger partial charge is 0.254 e. The summed E-state index contributed by atoms with van der Waals surface area (Å²) in [7, 11) is 0. The molecule has 3 rings (SSSR count). The van der Waals surface area contributed by atoms with E-state index in [1.54, 1.807) is 0 Å². The van der Waals surface area contributed by atoms with E-state index in [2.05, 4.69) is 20.6 Å². The molecule has 0 aliphatic carbocycles. The average molecular weight is 234 g/mol. The Bertz CT molecular complexity index is 462. The largest absolute Gasteiger partial charge is 0.317 e. The van der Waals surface area contributed by atoms with Crippen LogP contribution < -0.4 is 16.2 Å². The molecular weight excluding hydrogens is 216 g/mol. The minimum absolute atomic E-state index is 0.0741. The van der Waals surface area contributed by atoms with Gasteiger partial charge >= 0.3 is 0 Å². The Kier molecular flexibility index (Phi) is 2.94. The number of piperidine rings is 1. The highest BCUT2D eigenvalue weighted by molar-refractivity contribution is 5.21. The molecule has 0 radical (unpaired) electrons. The van der Waals surface area contributed by atoms with Crippen molar-refractivity contribution in [2.45, 2.75) is 31.7 Å².